The Kier molecular flexibility index (Phi) is 3.86. The predicted molar refractivity (Wildman–Crippen MR) is 69.3 cm³/mol. The van der Waals surface area contributed by atoms with E-state index < -0.39 is 11.0 Å². The smallest absolute Gasteiger partial charge is 0.231 e. The van der Waals surface area contributed by atoms with Gasteiger partial charge in [0.15, 0.2) is 0 Å². The molecule has 1 rings (SSSR count). The molecule has 0 fully saturated rings. The van der Waals surface area contributed by atoms with E-state index in [4.69, 9.17) is 4.52 Å². The first-order valence-electron chi connectivity index (χ1n) is 6.06. The van der Waals surface area contributed by atoms with Crippen LogP contribution in [-0.2, 0) is 10.2 Å². The Morgan fingerprint density at radius 3 is 2.39 bits per heavy atom. The maximum atomic E-state index is 11.5. The van der Waals surface area contributed by atoms with Crippen molar-refractivity contribution in [2.45, 2.75) is 52.6 Å². The molecule has 18 heavy (non-hydrogen) atoms. The van der Waals surface area contributed by atoms with Crippen LogP contribution in [0, 0.1) is 5.92 Å². The first kappa shape index (κ1) is 14.7. The molecule has 1 aromatic rings. The number of aliphatic hydroxyl groups is 1. The summed E-state index contributed by atoms with van der Waals surface area (Å²) in [4.78, 5) is 11.5. The molecule has 2 N–H and O–H groups in total. The fourth-order valence-electron chi connectivity index (χ4n) is 1.21. The third-order valence-electron chi connectivity index (χ3n) is 3.45. The van der Waals surface area contributed by atoms with Crippen molar-refractivity contribution in [1.82, 2.24) is 5.16 Å². The summed E-state index contributed by atoms with van der Waals surface area (Å²) >= 11 is 0. The second-order valence-corrected chi connectivity index (χ2v) is 5.90. The summed E-state index contributed by atoms with van der Waals surface area (Å²) in [6, 6.07) is 1.65. The molecule has 5 nitrogen and oxygen atoms in total. The molecule has 1 amide bonds. The van der Waals surface area contributed by atoms with Gasteiger partial charge in [0.25, 0.3) is 0 Å². The summed E-state index contributed by atoms with van der Waals surface area (Å²) in [5.74, 6) is 0.0561. The molecule has 1 heterocycles. The van der Waals surface area contributed by atoms with Crippen LogP contribution < -0.4 is 5.32 Å². The maximum absolute atomic E-state index is 11.5. The molecule has 0 spiro atoms. The minimum absolute atomic E-state index is 0.124. The SMILES string of the molecule is CC(C)C(=O)Nc1cc(C(C)(C)C(C)(C)O)no1. The van der Waals surface area contributed by atoms with E-state index in [0.717, 1.165) is 0 Å². The zero-order valence-corrected chi connectivity index (χ0v) is 11.9. The van der Waals surface area contributed by atoms with Crippen molar-refractivity contribution < 1.29 is 14.4 Å². The van der Waals surface area contributed by atoms with E-state index >= 15 is 0 Å². The van der Waals surface area contributed by atoms with Crippen LogP contribution in [0.25, 0.3) is 0 Å². The van der Waals surface area contributed by atoms with E-state index in [2.05, 4.69) is 10.5 Å². The van der Waals surface area contributed by atoms with Gasteiger partial charge < -0.3 is 9.63 Å². The normalized spacial score (nSPS) is 12.9. The molecule has 0 aromatic carbocycles. The highest BCUT2D eigenvalue weighted by Gasteiger charge is 2.39. The molecule has 0 aliphatic heterocycles. The van der Waals surface area contributed by atoms with Crippen LogP contribution in [0.3, 0.4) is 0 Å². The second-order valence-electron chi connectivity index (χ2n) is 5.90. The number of aromatic nitrogens is 1. The molecule has 0 aliphatic carbocycles. The van der Waals surface area contributed by atoms with E-state index in [1.165, 1.54) is 0 Å². The van der Waals surface area contributed by atoms with E-state index in [1.54, 1.807) is 33.8 Å². The van der Waals surface area contributed by atoms with Crippen LogP contribution >= 0.6 is 0 Å². The lowest BCUT2D eigenvalue weighted by molar-refractivity contribution is -0.119. The van der Waals surface area contributed by atoms with Gasteiger partial charge in [0.2, 0.25) is 11.8 Å². The molecule has 0 radical (unpaired) electrons. The molecule has 0 bridgehead atoms. The van der Waals surface area contributed by atoms with Crippen LogP contribution in [-0.4, -0.2) is 21.8 Å². The highest BCUT2D eigenvalue weighted by molar-refractivity contribution is 5.90. The van der Waals surface area contributed by atoms with Gasteiger partial charge in [0.05, 0.1) is 11.3 Å². The summed E-state index contributed by atoms with van der Waals surface area (Å²) in [6.07, 6.45) is 0. The van der Waals surface area contributed by atoms with Gasteiger partial charge in [-0.2, -0.15) is 0 Å². The Balaban J connectivity index is 2.91. The number of carbonyl (C=O) groups is 1. The van der Waals surface area contributed by atoms with Crippen molar-refractivity contribution in [2.75, 3.05) is 5.32 Å². The number of anilines is 1. The summed E-state index contributed by atoms with van der Waals surface area (Å²) in [7, 11) is 0. The van der Waals surface area contributed by atoms with Gasteiger partial charge in [0.1, 0.15) is 0 Å². The van der Waals surface area contributed by atoms with Crippen molar-refractivity contribution in [3.8, 4) is 0 Å². The van der Waals surface area contributed by atoms with Crippen molar-refractivity contribution in [1.29, 1.82) is 0 Å². The number of nitrogens with one attached hydrogen (secondary N) is 1. The van der Waals surface area contributed by atoms with Gasteiger partial charge in [-0.05, 0) is 13.8 Å². The third kappa shape index (κ3) is 2.90. The molecule has 0 saturated heterocycles. The van der Waals surface area contributed by atoms with Gasteiger partial charge in [-0.15, -0.1) is 0 Å². The molecule has 102 valence electrons. The number of carbonyl (C=O) groups excluding carboxylic acids is 1. The Hall–Kier alpha value is -1.36. The molecule has 5 heteroatoms. The number of hydrogen-bond donors (Lipinski definition) is 2. The minimum atomic E-state index is -0.941. The minimum Gasteiger partial charge on any atom is -0.390 e. The zero-order chi connectivity index (χ0) is 14.1. The summed E-state index contributed by atoms with van der Waals surface area (Å²) in [5.41, 5.74) is -0.908. The van der Waals surface area contributed by atoms with Gasteiger partial charge in [-0.1, -0.05) is 32.9 Å². The fourth-order valence-corrected chi connectivity index (χ4v) is 1.21. The van der Waals surface area contributed by atoms with Gasteiger partial charge in [-0.3, -0.25) is 10.1 Å². The van der Waals surface area contributed by atoms with Crippen molar-refractivity contribution in [2.24, 2.45) is 5.92 Å². The number of hydrogen-bond acceptors (Lipinski definition) is 4. The average molecular weight is 254 g/mol. The monoisotopic (exact) mass is 254 g/mol. The quantitative estimate of drug-likeness (QED) is 0.864. The van der Waals surface area contributed by atoms with Gasteiger partial charge >= 0.3 is 0 Å². The maximum Gasteiger partial charge on any atom is 0.231 e. The summed E-state index contributed by atoms with van der Waals surface area (Å²) in [6.45, 7) is 10.8. The number of nitrogens with zero attached hydrogens (tertiary/aromatic N) is 1. The second kappa shape index (κ2) is 4.72. The molecule has 0 unspecified atom stereocenters. The Labute approximate surface area is 108 Å². The highest BCUT2D eigenvalue weighted by Crippen LogP contribution is 2.34. The Morgan fingerprint density at radius 1 is 1.39 bits per heavy atom. The summed E-state index contributed by atoms with van der Waals surface area (Å²) in [5, 5.41) is 16.7. The lowest BCUT2D eigenvalue weighted by Crippen LogP contribution is -2.42. The number of amides is 1. The zero-order valence-electron chi connectivity index (χ0n) is 11.9. The molecule has 0 atom stereocenters. The van der Waals surface area contributed by atoms with Crippen LogP contribution in [0.4, 0.5) is 5.88 Å². The van der Waals surface area contributed by atoms with Crippen LogP contribution in [0.2, 0.25) is 0 Å². The van der Waals surface area contributed by atoms with Crippen LogP contribution in [0.5, 0.6) is 0 Å². The first-order chi connectivity index (χ1) is 8.05. The van der Waals surface area contributed by atoms with E-state index in [-0.39, 0.29) is 11.8 Å². The Bertz CT molecular complexity index is 428. The lowest BCUT2D eigenvalue weighted by atomic mass is 9.75. The standard InChI is InChI=1S/C13H22N2O3/c1-8(2)11(16)14-10-7-9(15-18-10)12(3,4)13(5,6)17/h7-8,17H,1-6H3,(H,14,16). The van der Waals surface area contributed by atoms with E-state index in [0.29, 0.717) is 11.6 Å². The topological polar surface area (TPSA) is 75.4 Å². The lowest BCUT2D eigenvalue weighted by Gasteiger charge is -2.35. The molecule has 1 aromatic heterocycles. The molecule has 0 saturated carbocycles. The fraction of sp³-hybridized carbons (Fsp3) is 0.692. The number of rotatable bonds is 4. The molecular weight excluding hydrogens is 232 g/mol. The van der Waals surface area contributed by atoms with Gasteiger partial charge in [0, 0.05) is 17.4 Å². The van der Waals surface area contributed by atoms with Crippen molar-refractivity contribution in [3.63, 3.8) is 0 Å². The van der Waals surface area contributed by atoms with Crippen LogP contribution in [0.15, 0.2) is 10.6 Å². The third-order valence-corrected chi connectivity index (χ3v) is 3.45. The summed E-state index contributed by atoms with van der Waals surface area (Å²) < 4.78 is 5.07. The van der Waals surface area contributed by atoms with Crippen LogP contribution in [0.1, 0.15) is 47.2 Å². The van der Waals surface area contributed by atoms with Crippen molar-refractivity contribution in [3.05, 3.63) is 11.8 Å². The molecule has 0 aliphatic rings. The van der Waals surface area contributed by atoms with Gasteiger partial charge in [-0.25, -0.2) is 0 Å². The molecular formula is C13H22N2O3. The first-order valence-corrected chi connectivity index (χ1v) is 6.06. The average Bonchev–Trinajstić information content (AvgIpc) is 2.64. The van der Waals surface area contributed by atoms with E-state index in [9.17, 15) is 9.90 Å². The highest BCUT2D eigenvalue weighted by atomic mass is 16.5. The Morgan fingerprint density at radius 2 is 1.94 bits per heavy atom. The predicted octanol–water partition coefficient (Wildman–Crippen LogP) is 2.32. The van der Waals surface area contributed by atoms with E-state index in [1.807, 2.05) is 13.8 Å². The van der Waals surface area contributed by atoms with Crippen molar-refractivity contribution >= 4 is 11.8 Å². The largest absolute Gasteiger partial charge is 0.390 e.